The summed E-state index contributed by atoms with van der Waals surface area (Å²) in [6.45, 7) is 3.41. The molecule has 1 aromatic carbocycles. The van der Waals surface area contributed by atoms with Gasteiger partial charge in [0.25, 0.3) is 5.56 Å². The average Bonchev–Trinajstić information content (AvgIpc) is 3.18. The number of benzene rings is 1. The number of nitrogens with zero attached hydrogens (tertiary/aromatic N) is 3. The minimum atomic E-state index is -0.372. The highest BCUT2D eigenvalue weighted by molar-refractivity contribution is 5.82. The lowest BCUT2D eigenvalue weighted by Gasteiger charge is -2.22. The number of hydrogen-bond acceptors (Lipinski definition) is 6. The van der Waals surface area contributed by atoms with Gasteiger partial charge in [-0.15, -0.1) is 0 Å². The van der Waals surface area contributed by atoms with E-state index in [1.54, 1.807) is 32.6 Å². The Morgan fingerprint density at radius 1 is 1.17 bits per heavy atom. The molecule has 2 aromatic heterocycles. The summed E-state index contributed by atoms with van der Waals surface area (Å²) in [5.74, 6) is 2.77. The van der Waals surface area contributed by atoms with Crippen LogP contribution in [0.15, 0.2) is 23.0 Å². The van der Waals surface area contributed by atoms with E-state index in [4.69, 9.17) is 14.6 Å². The molecule has 2 heterocycles. The molecule has 1 aliphatic carbocycles. The van der Waals surface area contributed by atoms with Gasteiger partial charge >= 0.3 is 0 Å². The van der Waals surface area contributed by atoms with Crippen molar-refractivity contribution in [3.8, 4) is 11.5 Å². The summed E-state index contributed by atoms with van der Waals surface area (Å²) in [5, 5.41) is 4.73. The molecule has 1 atom stereocenters. The third-order valence-electron chi connectivity index (χ3n) is 7.20. The van der Waals surface area contributed by atoms with E-state index < -0.39 is 0 Å². The van der Waals surface area contributed by atoms with Gasteiger partial charge in [0.15, 0.2) is 17.0 Å². The second kappa shape index (κ2) is 11.1. The molecule has 0 radical (unpaired) electrons. The zero-order valence-electron chi connectivity index (χ0n) is 21.2. The Morgan fingerprint density at radius 2 is 1.91 bits per heavy atom. The quantitative estimate of drug-likeness (QED) is 0.449. The van der Waals surface area contributed by atoms with E-state index in [0.29, 0.717) is 40.8 Å². The van der Waals surface area contributed by atoms with Crippen LogP contribution in [0.1, 0.15) is 87.1 Å². The Bertz CT molecular complexity index is 1240. The fraction of sp³-hybridized carbons (Fsp3) is 0.556. The number of aromatic amines is 1. The number of aromatic nitrogens is 4. The molecular formula is C27H36N4O4. The van der Waals surface area contributed by atoms with Crippen molar-refractivity contribution in [1.82, 2.24) is 19.6 Å². The molecule has 0 saturated heterocycles. The molecule has 35 heavy (non-hydrogen) atoms. The minimum Gasteiger partial charge on any atom is -0.493 e. The zero-order valence-corrected chi connectivity index (χ0v) is 21.2. The largest absolute Gasteiger partial charge is 0.493 e. The third kappa shape index (κ3) is 5.57. The minimum absolute atomic E-state index is 0.0593. The van der Waals surface area contributed by atoms with Crippen molar-refractivity contribution in [2.45, 2.75) is 77.6 Å². The molecule has 4 rings (SSSR count). The van der Waals surface area contributed by atoms with Gasteiger partial charge in [0.1, 0.15) is 17.4 Å². The van der Waals surface area contributed by atoms with Gasteiger partial charge < -0.3 is 14.5 Å². The van der Waals surface area contributed by atoms with Gasteiger partial charge in [-0.3, -0.25) is 9.59 Å². The van der Waals surface area contributed by atoms with Crippen LogP contribution in [0.2, 0.25) is 0 Å². The maximum atomic E-state index is 13.0. The predicted octanol–water partition coefficient (Wildman–Crippen LogP) is 4.76. The normalized spacial score (nSPS) is 15.3. The number of aryl methyl sites for hydroxylation is 1. The summed E-state index contributed by atoms with van der Waals surface area (Å²) in [4.78, 5) is 33.2. The van der Waals surface area contributed by atoms with Crippen molar-refractivity contribution >= 4 is 11.3 Å². The maximum absolute atomic E-state index is 13.0. The highest BCUT2D eigenvalue weighted by atomic mass is 16.5. The Morgan fingerprint density at radius 3 is 2.60 bits per heavy atom. The number of hydrogen-bond donors (Lipinski definition) is 1. The first kappa shape index (κ1) is 24.9. The van der Waals surface area contributed by atoms with Crippen LogP contribution in [0.4, 0.5) is 0 Å². The van der Waals surface area contributed by atoms with Crippen LogP contribution < -0.4 is 15.0 Å². The smallest absolute Gasteiger partial charge is 0.277 e. The van der Waals surface area contributed by atoms with Crippen molar-refractivity contribution in [2.75, 3.05) is 14.2 Å². The SMILES string of the molecule is COc1ccc(Cc2nn3c(C(CCCC4CCCCC4)C(C)=O)nc(C)c3c(=O)[nH]2)cc1OC. The summed E-state index contributed by atoms with van der Waals surface area (Å²) >= 11 is 0. The lowest BCUT2D eigenvalue weighted by molar-refractivity contribution is -0.118. The van der Waals surface area contributed by atoms with E-state index in [-0.39, 0.29) is 17.3 Å². The standard InChI is InChI=1S/C27H36N4O4/c1-17-25-27(33)29-24(16-20-13-14-22(34-3)23(15-20)35-4)30-31(25)26(28-17)21(18(2)32)12-8-11-19-9-6-5-7-10-19/h13-15,19,21H,5-12,16H2,1-4H3,(H,29,30,33). The number of imidazole rings is 1. The highest BCUT2D eigenvalue weighted by Gasteiger charge is 2.26. The fourth-order valence-corrected chi connectivity index (χ4v) is 5.33. The zero-order chi connectivity index (χ0) is 24.9. The number of carbonyl (C=O) groups is 1. The first-order chi connectivity index (χ1) is 16.9. The summed E-state index contributed by atoms with van der Waals surface area (Å²) < 4.78 is 12.3. The maximum Gasteiger partial charge on any atom is 0.277 e. The van der Waals surface area contributed by atoms with Crippen molar-refractivity contribution < 1.29 is 14.3 Å². The molecule has 1 unspecified atom stereocenters. The predicted molar refractivity (Wildman–Crippen MR) is 135 cm³/mol. The van der Waals surface area contributed by atoms with Gasteiger partial charge in [0, 0.05) is 6.42 Å². The van der Waals surface area contributed by atoms with Gasteiger partial charge in [0.2, 0.25) is 0 Å². The van der Waals surface area contributed by atoms with Crippen molar-refractivity contribution in [2.24, 2.45) is 5.92 Å². The van der Waals surface area contributed by atoms with Crippen molar-refractivity contribution in [3.05, 3.63) is 51.5 Å². The van der Waals surface area contributed by atoms with E-state index in [1.165, 1.54) is 32.1 Å². The molecule has 1 saturated carbocycles. The average molecular weight is 481 g/mol. The van der Waals surface area contributed by atoms with Gasteiger partial charge in [-0.25, -0.2) is 9.50 Å². The molecule has 0 amide bonds. The summed E-state index contributed by atoms with van der Waals surface area (Å²) in [6, 6.07) is 5.61. The van der Waals surface area contributed by atoms with Gasteiger partial charge in [-0.1, -0.05) is 51.0 Å². The monoisotopic (exact) mass is 480 g/mol. The second-order valence-electron chi connectivity index (χ2n) is 9.68. The van der Waals surface area contributed by atoms with Crippen LogP contribution >= 0.6 is 0 Å². The summed E-state index contributed by atoms with van der Waals surface area (Å²) in [6.07, 6.45) is 9.82. The van der Waals surface area contributed by atoms with Crippen LogP contribution in [0.25, 0.3) is 5.52 Å². The van der Waals surface area contributed by atoms with E-state index >= 15 is 0 Å². The number of rotatable bonds is 10. The number of fused-ring (bicyclic) bond motifs is 1. The second-order valence-corrected chi connectivity index (χ2v) is 9.68. The fourth-order valence-electron chi connectivity index (χ4n) is 5.33. The number of methoxy groups -OCH3 is 2. The van der Waals surface area contributed by atoms with Crippen LogP contribution in [-0.4, -0.2) is 39.6 Å². The molecule has 0 bridgehead atoms. The molecule has 3 aromatic rings. The Labute approximate surface area is 206 Å². The summed E-state index contributed by atoms with van der Waals surface area (Å²) in [7, 11) is 3.18. The van der Waals surface area contributed by atoms with E-state index in [0.717, 1.165) is 30.7 Å². The Balaban J connectivity index is 1.61. The Kier molecular flexibility index (Phi) is 7.88. The van der Waals surface area contributed by atoms with Crippen LogP contribution in [0, 0.1) is 12.8 Å². The van der Waals surface area contributed by atoms with Crippen LogP contribution in [-0.2, 0) is 11.2 Å². The molecular weight excluding hydrogens is 444 g/mol. The van der Waals surface area contributed by atoms with E-state index in [9.17, 15) is 9.59 Å². The number of carbonyl (C=O) groups excluding carboxylic acids is 1. The van der Waals surface area contributed by atoms with Gasteiger partial charge in [-0.2, -0.15) is 5.10 Å². The van der Waals surface area contributed by atoms with Crippen molar-refractivity contribution in [1.29, 1.82) is 0 Å². The number of nitrogens with one attached hydrogen (secondary N) is 1. The third-order valence-corrected chi connectivity index (χ3v) is 7.20. The van der Waals surface area contributed by atoms with E-state index in [2.05, 4.69) is 9.97 Å². The molecule has 1 aliphatic rings. The van der Waals surface area contributed by atoms with Crippen LogP contribution in [0.5, 0.6) is 11.5 Å². The molecule has 8 nitrogen and oxygen atoms in total. The lowest BCUT2D eigenvalue weighted by Crippen LogP contribution is -2.20. The Hall–Kier alpha value is -3.16. The molecule has 1 fully saturated rings. The number of ether oxygens (including phenoxy) is 2. The topological polar surface area (TPSA) is 98.6 Å². The first-order valence-electron chi connectivity index (χ1n) is 12.6. The summed E-state index contributed by atoms with van der Waals surface area (Å²) in [5.41, 5.74) is 1.65. The molecule has 1 N–H and O–H groups in total. The van der Waals surface area contributed by atoms with Crippen molar-refractivity contribution in [3.63, 3.8) is 0 Å². The van der Waals surface area contributed by atoms with Crippen LogP contribution in [0.3, 0.4) is 0 Å². The highest BCUT2D eigenvalue weighted by Crippen LogP contribution is 2.31. The first-order valence-corrected chi connectivity index (χ1v) is 12.6. The molecule has 0 aliphatic heterocycles. The van der Waals surface area contributed by atoms with Gasteiger partial charge in [0.05, 0.1) is 25.8 Å². The molecule has 8 heteroatoms. The van der Waals surface area contributed by atoms with Gasteiger partial charge in [-0.05, 0) is 43.9 Å². The number of Topliss-reactive ketones (excluding diaryl/α,β-unsaturated/α-hetero) is 1. The van der Waals surface area contributed by atoms with E-state index in [1.807, 2.05) is 18.2 Å². The molecule has 188 valence electrons. The lowest BCUT2D eigenvalue weighted by atomic mass is 9.84. The number of ketones is 1. The molecule has 0 spiro atoms. The number of H-pyrrole nitrogens is 1.